The highest BCUT2D eigenvalue weighted by molar-refractivity contribution is 6.31. The Morgan fingerprint density at radius 1 is 0.527 bits per heavy atom. The van der Waals surface area contributed by atoms with E-state index in [9.17, 15) is 9.59 Å². The molecule has 4 N–H and O–H groups in total. The van der Waals surface area contributed by atoms with Gasteiger partial charge in [-0.3, -0.25) is 9.59 Å². The van der Waals surface area contributed by atoms with Crippen LogP contribution in [0.15, 0.2) is 140 Å². The second kappa shape index (κ2) is 16.0. The molecule has 8 aromatic rings. The van der Waals surface area contributed by atoms with Crippen LogP contribution in [-0.4, -0.2) is 59.9 Å². The second-order valence-corrected chi connectivity index (χ2v) is 13.7. The molecule has 11 heteroatoms. The molecule has 274 valence electrons. The third kappa shape index (κ3) is 8.67. The Morgan fingerprint density at radius 2 is 0.982 bits per heavy atom. The number of carbonyl (C=O) groups is 2. The van der Waals surface area contributed by atoms with E-state index in [1.807, 2.05) is 118 Å². The molecule has 8 rings (SSSR count). The third-order valence-electron chi connectivity index (χ3n) is 8.92. The van der Waals surface area contributed by atoms with Crippen molar-refractivity contribution in [2.75, 3.05) is 48.6 Å². The van der Waals surface area contributed by atoms with Gasteiger partial charge >= 0.3 is 0 Å². The summed E-state index contributed by atoms with van der Waals surface area (Å²) in [5.41, 5.74) is 10.1. The van der Waals surface area contributed by atoms with E-state index in [4.69, 9.17) is 11.6 Å². The number of nitrogens with one attached hydrogen (secondary N) is 4. The Bertz CT molecular complexity index is 2600. The van der Waals surface area contributed by atoms with Crippen molar-refractivity contribution in [3.8, 4) is 22.8 Å². The first-order chi connectivity index (χ1) is 26.6. The first-order valence-corrected chi connectivity index (χ1v) is 18.0. The van der Waals surface area contributed by atoms with Gasteiger partial charge in [-0.05, 0) is 115 Å². The number of fused-ring (bicyclic) bond motifs is 2. The number of hydrogen-bond acceptors (Lipinski definition) is 6. The van der Waals surface area contributed by atoms with Gasteiger partial charge in [0.1, 0.15) is 11.6 Å². The van der Waals surface area contributed by atoms with Crippen molar-refractivity contribution < 1.29 is 9.59 Å². The molecule has 0 spiro atoms. The van der Waals surface area contributed by atoms with E-state index >= 15 is 0 Å². The largest absolute Gasteiger partial charge is 0.378 e. The van der Waals surface area contributed by atoms with Gasteiger partial charge in [-0.15, -0.1) is 0 Å². The van der Waals surface area contributed by atoms with Crippen molar-refractivity contribution >= 4 is 68.2 Å². The number of nitrogens with zero attached hydrogens (tertiary/aromatic N) is 4. The molecule has 2 aromatic heterocycles. The lowest BCUT2D eigenvalue weighted by Crippen LogP contribution is -2.11. The fourth-order valence-corrected chi connectivity index (χ4v) is 6.09. The van der Waals surface area contributed by atoms with E-state index in [2.05, 4.69) is 47.6 Å². The summed E-state index contributed by atoms with van der Waals surface area (Å²) in [6.45, 7) is 0. The molecule has 0 aliphatic rings. The maximum absolute atomic E-state index is 12.6. The number of amides is 2. The average molecular weight is 747 g/mol. The van der Waals surface area contributed by atoms with Crippen LogP contribution < -0.4 is 20.4 Å². The summed E-state index contributed by atoms with van der Waals surface area (Å²) in [6.07, 6.45) is 0. The van der Waals surface area contributed by atoms with Gasteiger partial charge in [0, 0.05) is 78.2 Å². The normalized spacial score (nSPS) is 10.8. The summed E-state index contributed by atoms with van der Waals surface area (Å²) < 4.78 is 0. The number of halogens is 1. The van der Waals surface area contributed by atoms with Crippen LogP contribution in [0, 0.1) is 0 Å². The Morgan fingerprint density at radius 3 is 1.44 bits per heavy atom. The smallest absolute Gasteiger partial charge is 0.255 e. The summed E-state index contributed by atoms with van der Waals surface area (Å²) in [5.74, 6) is 1.22. The van der Waals surface area contributed by atoms with E-state index in [1.165, 1.54) is 0 Å². The molecule has 10 nitrogen and oxygen atoms in total. The van der Waals surface area contributed by atoms with Crippen molar-refractivity contribution in [3.63, 3.8) is 0 Å². The van der Waals surface area contributed by atoms with Crippen molar-refractivity contribution in [1.29, 1.82) is 0 Å². The van der Waals surface area contributed by atoms with E-state index in [1.54, 1.807) is 42.5 Å². The molecule has 0 saturated heterocycles. The maximum atomic E-state index is 12.6. The third-order valence-corrected chi connectivity index (χ3v) is 9.15. The van der Waals surface area contributed by atoms with E-state index in [0.29, 0.717) is 21.8 Å². The van der Waals surface area contributed by atoms with Crippen LogP contribution >= 0.6 is 11.6 Å². The Balaban J connectivity index is 0.000000169. The van der Waals surface area contributed by atoms with Gasteiger partial charge in [0.05, 0.1) is 22.1 Å². The minimum atomic E-state index is -0.198. The molecule has 0 radical (unpaired) electrons. The number of imidazole rings is 2. The number of carbonyl (C=O) groups excluding carboxylic acids is 2. The Labute approximate surface area is 323 Å². The van der Waals surface area contributed by atoms with Gasteiger partial charge in [-0.2, -0.15) is 0 Å². The molecule has 2 amide bonds. The Hall–Kier alpha value is -6.91. The van der Waals surface area contributed by atoms with Gasteiger partial charge in [-0.25, -0.2) is 9.97 Å². The molecule has 0 aliphatic carbocycles. The molecule has 0 fully saturated rings. The summed E-state index contributed by atoms with van der Waals surface area (Å²) >= 11 is 5.97. The summed E-state index contributed by atoms with van der Waals surface area (Å²) in [5, 5.41) is 6.33. The zero-order valence-corrected chi connectivity index (χ0v) is 31.5. The number of benzene rings is 6. The van der Waals surface area contributed by atoms with Crippen molar-refractivity contribution in [2.24, 2.45) is 0 Å². The van der Waals surface area contributed by atoms with Gasteiger partial charge in [-0.1, -0.05) is 35.9 Å². The van der Waals surface area contributed by atoms with E-state index in [0.717, 1.165) is 61.9 Å². The molecule has 55 heavy (non-hydrogen) atoms. The fourth-order valence-electron chi connectivity index (χ4n) is 5.90. The lowest BCUT2D eigenvalue weighted by Gasteiger charge is -2.11. The first-order valence-electron chi connectivity index (χ1n) is 17.6. The minimum absolute atomic E-state index is 0.144. The SMILES string of the molecule is CN(C)c1ccc(-c2nc3ccc(C(=O)Nc4cccc(Cl)c4)cc3[nH]2)cc1.CN(C)c1ccc(-c2nc3ccc(C(=O)Nc4ccccc4)cc3[nH]2)cc1. The number of rotatable bonds is 8. The molecule has 0 bridgehead atoms. The second-order valence-electron chi connectivity index (χ2n) is 13.3. The van der Waals surface area contributed by atoms with Gasteiger partial charge in [0.15, 0.2) is 0 Å². The quantitative estimate of drug-likeness (QED) is 0.123. The lowest BCUT2D eigenvalue weighted by atomic mass is 10.2. The number of para-hydroxylation sites is 1. The molecule has 0 atom stereocenters. The molecular weight excluding hydrogens is 708 g/mol. The number of aromatic nitrogens is 4. The van der Waals surface area contributed by atoms with Gasteiger partial charge in [0.2, 0.25) is 0 Å². The molecule has 0 unspecified atom stereocenters. The summed E-state index contributed by atoms with van der Waals surface area (Å²) in [7, 11) is 8.04. The van der Waals surface area contributed by atoms with E-state index < -0.39 is 0 Å². The van der Waals surface area contributed by atoms with Crippen LogP contribution in [-0.2, 0) is 0 Å². The van der Waals surface area contributed by atoms with Gasteiger partial charge < -0.3 is 30.4 Å². The van der Waals surface area contributed by atoms with E-state index in [-0.39, 0.29) is 11.8 Å². The van der Waals surface area contributed by atoms with Crippen molar-refractivity contribution in [1.82, 2.24) is 19.9 Å². The van der Waals surface area contributed by atoms with Crippen LogP contribution in [0.5, 0.6) is 0 Å². The number of anilines is 4. The van der Waals surface area contributed by atoms with Gasteiger partial charge in [0.25, 0.3) is 11.8 Å². The standard InChI is InChI=1S/C22H19ClN4O.C22H20N4O/c1-27(2)18-9-6-14(7-10-18)21-25-19-11-8-15(12-20(19)26-21)22(28)24-17-5-3-4-16(23)13-17;1-26(2)18-11-8-15(9-12-18)21-24-19-13-10-16(14-20(19)25-21)22(27)23-17-6-4-3-5-7-17/h3-13H,1-2H3,(H,24,28)(H,25,26);3-14H,1-2H3,(H,23,27)(H,24,25). The minimum Gasteiger partial charge on any atom is -0.378 e. The zero-order valence-electron chi connectivity index (χ0n) is 30.8. The molecule has 6 aromatic carbocycles. The predicted octanol–water partition coefficient (Wildman–Crippen LogP) is 9.75. The first kappa shape index (κ1) is 36.4. The highest BCUT2D eigenvalue weighted by atomic mass is 35.5. The van der Waals surface area contributed by atoms with Crippen molar-refractivity contribution in [3.05, 3.63) is 156 Å². The van der Waals surface area contributed by atoms with Crippen LogP contribution in [0.3, 0.4) is 0 Å². The predicted molar refractivity (Wildman–Crippen MR) is 226 cm³/mol. The zero-order chi connectivity index (χ0) is 38.5. The maximum Gasteiger partial charge on any atom is 0.255 e. The molecule has 0 saturated carbocycles. The average Bonchev–Trinajstić information content (AvgIpc) is 3.83. The molecular formula is C44H39ClN8O2. The monoisotopic (exact) mass is 746 g/mol. The van der Waals surface area contributed by atoms with Crippen LogP contribution in [0.1, 0.15) is 20.7 Å². The van der Waals surface area contributed by atoms with Crippen LogP contribution in [0.2, 0.25) is 5.02 Å². The lowest BCUT2D eigenvalue weighted by molar-refractivity contribution is 0.101. The molecule has 0 aliphatic heterocycles. The number of aromatic amines is 2. The fraction of sp³-hybridized carbons (Fsp3) is 0.0909. The van der Waals surface area contributed by atoms with Crippen LogP contribution in [0.4, 0.5) is 22.7 Å². The number of H-pyrrole nitrogens is 2. The van der Waals surface area contributed by atoms with Crippen LogP contribution in [0.25, 0.3) is 44.8 Å². The number of hydrogen-bond donors (Lipinski definition) is 4. The van der Waals surface area contributed by atoms with Crippen molar-refractivity contribution in [2.45, 2.75) is 0 Å². The highest BCUT2D eigenvalue weighted by Crippen LogP contribution is 2.26. The Kier molecular flexibility index (Phi) is 10.6. The molecule has 2 heterocycles. The highest BCUT2D eigenvalue weighted by Gasteiger charge is 2.13. The summed E-state index contributed by atoms with van der Waals surface area (Å²) in [6, 6.07) is 43.7. The topological polar surface area (TPSA) is 122 Å². The summed E-state index contributed by atoms with van der Waals surface area (Å²) in [4.78, 5) is 45.0.